The Morgan fingerprint density at radius 3 is 2.90 bits per heavy atom. The van der Waals surface area contributed by atoms with Crippen molar-refractivity contribution in [1.29, 1.82) is 5.26 Å². The van der Waals surface area contributed by atoms with Gasteiger partial charge in [-0.25, -0.2) is 4.98 Å². The molecule has 1 aromatic carbocycles. The second kappa shape index (κ2) is 4.24. The summed E-state index contributed by atoms with van der Waals surface area (Å²) in [7, 11) is 0. The summed E-state index contributed by atoms with van der Waals surface area (Å²) in [4.78, 5) is 4.03. The number of hydrogen-bond donors (Lipinski definition) is 2. The van der Waals surface area contributed by atoms with Gasteiger partial charge in [-0.2, -0.15) is 5.26 Å². The molecular formula is C14H10N4O2. The molecule has 3 aromatic rings. The topological polar surface area (TPSA) is 109 Å². The molecule has 0 unspecified atom stereocenters. The number of aryl methyl sites for hydroxylation is 1. The first-order chi connectivity index (χ1) is 9.60. The minimum Gasteiger partial charge on any atom is -0.508 e. The zero-order chi connectivity index (χ0) is 14.3. The Kier molecular flexibility index (Phi) is 2.54. The molecule has 6 heteroatoms. The van der Waals surface area contributed by atoms with Gasteiger partial charge in [0.05, 0.1) is 10.9 Å². The van der Waals surface area contributed by atoms with Crippen LogP contribution < -0.4 is 5.73 Å². The van der Waals surface area contributed by atoms with Crippen molar-refractivity contribution in [3.05, 3.63) is 35.5 Å². The molecular weight excluding hydrogens is 256 g/mol. The van der Waals surface area contributed by atoms with Crippen LogP contribution in [-0.2, 0) is 0 Å². The van der Waals surface area contributed by atoms with Crippen LogP contribution >= 0.6 is 0 Å². The molecule has 3 N–H and O–H groups in total. The lowest BCUT2D eigenvalue weighted by molar-refractivity contribution is 0.451. The van der Waals surface area contributed by atoms with E-state index in [1.807, 2.05) is 6.07 Å². The first kappa shape index (κ1) is 12.0. The van der Waals surface area contributed by atoms with Gasteiger partial charge in [-0.1, -0.05) is 5.16 Å². The number of anilines is 1. The van der Waals surface area contributed by atoms with Crippen LogP contribution in [0.2, 0.25) is 0 Å². The Morgan fingerprint density at radius 2 is 2.15 bits per heavy atom. The lowest BCUT2D eigenvalue weighted by atomic mass is 10.0. The number of rotatable bonds is 1. The van der Waals surface area contributed by atoms with E-state index in [9.17, 15) is 5.11 Å². The lowest BCUT2D eigenvalue weighted by Crippen LogP contribution is -1.92. The summed E-state index contributed by atoms with van der Waals surface area (Å²) in [6.45, 7) is 1.76. The molecule has 20 heavy (non-hydrogen) atoms. The van der Waals surface area contributed by atoms with Gasteiger partial charge in [-0.05, 0) is 24.6 Å². The number of hydrogen-bond acceptors (Lipinski definition) is 6. The molecule has 0 atom stereocenters. The third-order valence-electron chi connectivity index (χ3n) is 3.08. The van der Waals surface area contributed by atoms with Gasteiger partial charge in [0.25, 0.3) is 5.71 Å². The zero-order valence-corrected chi connectivity index (χ0v) is 10.6. The standard InChI is InChI=1S/C14H10N4O2/c1-7-2-9(11(16)4-12(7)19)13-10-3-8(5-15)6-17-14(10)20-18-13/h2-4,6,19H,16H2,1H3. The van der Waals surface area contributed by atoms with Crippen molar-refractivity contribution in [2.24, 2.45) is 0 Å². The van der Waals surface area contributed by atoms with Gasteiger partial charge < -0.3 is 15.4 Å². The number of aromatic nitrogens is 2. The third-order valence-corrected chi connectivity index (χ3v) is 3.08. The van der Waals surface area contributed by atoms with Crippen molar-refractivity contribution >= 4 is 16.8 Å². The largest absolute Gasteiger partial charge is 0.508 e. The van der Waals surface area contributed by atoms with Crippen LogP contribution in [0, 0.1) is 18.3 Å². The van der Waals surface area contributed by atoms with Gasteiger partial charge in [0.15, 0.2) is 0 Å². The molecule has 98 valence electrons. The van der Waals surface area contributed by atoms with Crippen LogP contribution in [0.25, 0.3) is 22.4 Å². The summed E-state index contributed by atoms with van der Waals surface area (Å²) in [5.41, 5.74) is 8.86. The molecule has 6 nitrogen and oxygen atoms in total. The normalized spacial score (nSPS) is 10.6. The number of nitrogen functional groups attached to an aromatic ring is 1. The third kappa shape index (κ3) is 1.73. The molecule has 0 bridgehead atoms. The molecule has 2 aromatic heterocycles. The smallest absolute Gasteiger partial charge is 0.258 e. The quantitative estimate of drug-likeness (QED) is 0.654. The monoisotopic (exact) mass is 266 g/mol. The molecule has 2 heterocycles. The minimum absolute atomic E-state index is 0.120. The van der Waals surface area contributed by atoms with Gasteiger partial charge >= 0.3 is 0 Å². The van der Waals surface area contributed by atoms with Gasteiger partial charge in [0.2, 0.25) is 0 Å². The number of nitriles is 1. The highest BCUT2D eigenvalue weighted by Crippen LogP contribution is 2.34. The van der Waals surface area contributed by atoms with Gasteiger partial charge in [-0.15, -0.1) is 0 Å². The van der Waals surface area contributed by atoms with Crippen LogP contribution in [-0.4, -0.2) is 15.2 Å². The van der Waals surface area contributed by atoms with E-state index in [0.29, 0.717) is 39.2 Å². The minimum atomic E-state index is 0.120. The summed E-state index contributed by atoms with van der Waals surface area (Å²) in [5.74, 6) is 0.120. The predicted molar refractivity (Wildman–Crippen MR) is 72.8 cm³/mol. The summed E-state index contributed by atoms with van der Waals surface area (Å²) in [5, 5.41) is 23.1. The fourth-order valence-electron chi connectivity index (χ4n) is 2.01. The lowest BCUT2D eigenvalue weighted by Gasteiger charge is -2.06. The Labute approximate surface area is 114 Å². The van der Waals surface area contributed by atoms with E-state index < -0.39 is 0 Å². The summed E-state index contributed by atoms with van der Waals surface area (Å²) in [6, 6.07) is 6.86. The number of benzene rings is 1. The molecule has 0 aliphatic carbocycles. The van der Waals surface area contributed by atoms with Crippen molar-refractivity contribution in [2.75, 3.05) is 5.73 Å². The van der Waals surface area contributed by atoms with Crippen molar-refractivity contribution in [3.8, 4) is 23.1 Å². The van der Waals surface area contributed by atoms with Crippen LogP contribution in [0.3, 0.4) is 0 Å². The Morgan fingerprint density at radius 1 is 1.35 bits per heavy atom. The maximum absolute atomic E-state index is 9.64. The average molecular weight is 266 g/mol. The summed E-state index contributed by atoms with van der Waals surface area (Å²) >= 11 is 0. The number of aromatic hydroxyl groups is 1. The predicted octanol–water partition coefficient (Wildman–Crippen LogP) is 2.36. The number of fused-ring (bicyclic) bond motifs is 1. The van der Waals surface area contributed by atoms with Gasteiger partial charge in [0.1, 0.15) is 17.5 Å². The van der Waals surface area contributed by atoms with E-state index in [1.165, 1.54) is 12.3 Å². The molecule has 0 fully saturated rings. The first-order valence-electron chi connectivity index (χ1n) is 5.85. The highest BCUT2D eigenvalue weighted by molar-refractivity contribution is 5.94. The second-order valence-electron chi connectivity index (χ2n) is 4.45. The molecule has 0 aliphatic rings. The van der Waals surface area contributed by atoms with E-state index in [4.69, 9.17) is 15.5 Å². The number of phenolic OH excluding ortho intramolecular Hbond substituents is 1. The Balaban J connectivity index is 2.30. The molecule has 0 aliphatic heterocycles. The van der Waals surface area contributed by atoms with E-state index in [-0.39, 0.29) is 5.75 Å². The summed E-state index contributed by atoms with van der Waals surface area (Å²) in [6.07, 6.45) is 1.42. The number of phenols is 1. The fraction of sp³-hybridized carbons (Fsp3) is 0.0714. The van der Waals surface area contributed by atoms with Crippen molar-refractivity contribution in [3.63, 3.8) is 0 Å². The second-order valence-corrected chi connectivity index (χ2v) is 4.45. The van der Waals surface area contributed by atoms with Crippen LogP contribution in [0.5, 0.6) is 5.75 Å². The van der Waals surface area contributed by atoms with Crippen LogP contribution in [0.4, 0.5) is 5.69 Å². The van der Waals surface area contributed by atoms with Gasteiger partial charge in [-0.3, -0.25) is 0 Å². The summed E-state index contributed by atoms with van der Waals surface area (Å²) < 4.78 is 5.14. The maximum Gasteiger partial charge on any atom is 0.258 e. The molecule has 0 saturated heterocycles. The molecule has 3 rings (SSSR count). The van der Waals surface area contributed by atoms with Crippen molar-refractivity contribution in [2.45, 2.75) is 6.92 Å². The van der Waals surface area contributed by atoms with E-state index in [2.05, 4.69) is 10.1 Å². The molecule has 0 spiro atoms. The molecule has 0 amide bonds. The van der Waals surface area contributed by atoms with E-state index in [1.54, 1.807) is 19.1 Å². The number of nitrogens with zero attached hydrogens (tertiary/aromatic N) is 3. The highest BCUT2D eigenvalue weighted by Gasteiger charge is 2.16. The maximum atomic E-state index is 9.64. The van der Waals surface area contributed by atoms with Crippen LogP contribution in [0.1, 0.15) is 11.1 Å². The van der Waals surface area contributed by atoms with Crippen molar-refractivity contribution in [1.82, 2.24) is 10.1 Å². The number of pyridine rings is 1. The fourth-order valence-corrected chi connectivity index (χ4v) is 2.01. The van der Waals surface area contributed by atoms with E-state index in [0.717, 1.165) is 0 Å². The average Bonchev–Trinajstić information content (AvgIpc) is 2.85. The van der Waals surface area contributed by atoms with Crippen molar-refractivity contribution < 1.29 is 9.63 Å². The van der Waals surface area contributed by atoms with Crippen LogP contribution in [0.15, 0.2) is 28.9 Å². The van der Waals surface area contributed by atoms with Gasteiger partial charge in [0, 0.05) is 23.5 Å². The Hall–Kier alpha value is -3.07. The Bertz CT molecular complexity index is 861. The van der Waals surface area contributed by atoms with E-state index >= 15 is 0 Å². The first-order valence-corrected chi connectivity index (χ1v) is 5.85. The molecule has 0 saturated carbocycles. The number of nitrogens with two attached hydrogens (primary N) is 1. The zero-order valence-electron chi connectivity index (χ0n) is 10.6. The molecule has 0 radical (unpaired) electrons. The highest BCUT2D eigenvalue weighted by atomic mass is 16.5. The SMILES string of the molecule is Cc1cc(-c2noc3ncc(C#N)cc23)c(N)cc1O.